The van der Waals surface area contributed by atoms with E-state index < -0.39 is 27.0 Å². The molecule has 3 aromatic heterocycles. The van der Waals surface area contributed by atoms with Crippen molar-refractivity contribution in [1.29, 1.82) is 0 Å². The molecule has 4 heterocycles. The number of imidazole rings is 1. The number of hydrogen-bond acceptors (Lipinski definition) is 7. The number of nitrogens with one attached hydrogen (secondary N) is 2. The van der Waals surface area contributed by atoms with Crippen LogP contribution in [0.4, 0.5) is 8.78 Å². The third-order valence-electron chi connectivity index (χ3n) is 5.99. The molecule has 0 bridgehead atoms. The van der Waals surface area contributed by atoms with Gasteiger partial charge in [-0.1, -0.05) is 17.4 Å². The van der Waals surface area contributed by atoms with Gasteiger partial charge in [-0.05, 0) is 51.7 Å². The summed E-state index contributed by atoms with van der Waals surface area (Å²) in [5.41, 5.74) is 2.21. The van der Waals surface area contributed by atoms with Gasteiger partial charge in [0.25, 0.3) is 6.43 Å². The Labute approximate surface area is 194 Å². The molecule has 8 nitrogen and oxygen atoms in total. The first-order valence-corrected chi connectivity index (χ1v) is 13.0. The standard InChI is InChI=1S/C21H24F2N6O2S2/c1-11-6-13(7-12(2)25-11)15-8-14(33(30,31)28-21(3)4-5-21)10-29-16(9-24-18(15)29)19-26-27-20(32-19)17(22)23/h6,8-12,17,25,28H,4-5,7H2,1-3H3/t11-,12-/m0/s1. The van der Waals surface area contributed by atoms with Gasteiger partial charge in [-0.15, -0.1) is 10.2 Å². The maximum atomic E-state index is 13.3. The summed E-state index contributed by atoms with van der Waals surface area (Å²) in [6.45, 7) is 5.98. The molecule has 0 spiro atoms. The zero-order chi connectivity index (χ0) is 23.5. The van der Waals surface area contributed by atoms with E-state index >= 15 is 0 Å². The van der Waals surface area contributed by atoms with Gasteiger partial charge in [0.1, 0.15) is 11.3 Å². The number of sulfonamides is 1. The number of aromatic nitrogens is 4. The maximum absolute atomic E-state index is 13.3. The third-order valence-corrected chi connectivity index (χ3v) is 8.55. The summed E-state index contributed by atoms with van der Waals surface area (Å²) in [6.07, 6.45) is 4.60. The molecule has 0 amide bonds. The Morgan fingerprint density at radius 2 is 2.06 bits per heavy atom. The molecular formula is C21H24F2N6O2S2. The van der Waals surface area contributed by atoms with Crippen molar-refractivity contribution >= 4 is 32.6 Å². The van der Waals surface area contributed by atoms with E-state index in [0.717, 1.165) is 29.8 Å². The van der Waals surface area contributed by atoms with E-state index in [-0.39, 0.29) is 22.0 Å². The van der Waals surface area contributed by atoms with E-state index in [1.165, 1.54) is 12.4 Å². The molecule has 1 aliphatic heterocycles. The Morgan fingerprint density at radius 3 is 2.70 bits per heavy atom. The Bertz CT molecular complexity index is 1360. The lowest BCUT2D eigenvalue weighted by molar-refractivity contribution is 0.150. The second-order valence-electron chi connectivity index (χ2n) is 9.09. The predicted octanol–water partition coefficient (Wildman–Crippen LogP) is 3.77. The first-order chi connectivity index (χ1) is 15.5. The minimum atomic E-state index is -3.81. The zero-order valence-corrected chi connectivity index (χ0v) is 20.0. The number of nitrogens with zero attached hydrogens (tertiary/aromatic N) is 4. The molecule has 2 N–H and O–H groups in total. The molecular weight excluding hydrogens is 470 g/mol. The van der Waals surface area contributed by atoms with Crippen LogP contribution in [0.15, 0.2) is 29.4 Å². The lowest BCUT2D eigenvalue weighted by Crippen LogP contribution is -2.37. The van der Waals surface area contributed by atoms with E-state index in [1.807, 2.05) is 13.8 Å². The summed E-state index contributed by atoms with van der Waals surface area (Å²) < 4.78 is 57.1. The lowest BCUT2D eigenvalue weighted by Gasteiger charge is -2.26. The molecule has 0 unspecified atom stereocenters. The number of alkyl halides is 2. The van der Waals surface area contributed by atoms with Crippen LogP contribution in [0.5, 0.6) is 0 Å². The summed E-state index contributed by atoms with van der Waals surface area (Å²) in [5, 5.41) is 10.8. The van der Waals surface area contributed by atoms with E-state index in [0.29, 0.717) is 23.3 Å². The first-order valence-electron chi connectivity index (χ1n) is 10.7. The topological polar surface area (TPSA) is 101 Å². The van der Waals surface area contributed by atoms with Crippen molar-refractivity contribution in [1.82, 2.24) is 29.6 Å². The van der Waals surface area contributed by atoms with E-state index in [9.17, 15) is 17.2 Å². The largest absolute Gasteiger partial charge is 0.308 e. The highest BCUT2D eigenvalue weighted by Gasteiger charge is 2.41. The summed E-state index contributed by atoms with van der Waals surface area (Å²) in [7, 11) is -3.81. The van der Waals surface area contributed by atoms with Gasteiger partial charge in [-0.25, -0.2) is 26.9 Å². The number of halogens is 2. The van der Waals surface area contributed by atoms with Gasteiger partial charge in [-0.2, -0.15) is 0 Å². The van der Waals surface area contributed by atoms with Gasteiger partial charge in [0.05, 0.1) is 11.1 Å². The molecule has 12 heteroatoms. The number of fused-ring (bicyclic) bond motifs is 1. The average Bonchev–Trinajstić information content (AvgIpc) is 3.14. The minimum absolute atomic E-state index is 0.0933. The van der Waals surface area contributed by atoms with Crippen LogP contribution in [-0.4, -0.2) is 45.6 Å². The molecule has 1 fully saturated rings. The van der Waals surface area contributed by atoms with Gasteiger partial charge in [0.15, 0.2) is 10.0 Å². The highest BCUT2D eigenvalue weighted by molar-refractivity contribution is 7.89. The highest BCUT2D eigenvalue weighted by atomic mass is 32.2. The molecule has 176 valence electrons. The molecule has 0 radical (unpaired) electrons. The monoisotopic (exact) mass is 494 g/mol. The van der Waals surface area contributed by atoms with Crippen molar-refractivity contribution in [3.63, 3.8) is 0 Å². The molecule has 33 heavy (non-hydrogen) atoms. The van der Waals surface area contributed by atoms with Crippen LogP contribution in [0, 0.1) is 0 Å². The fraction of sp³-hybridized carbons (Fsp3) is 0.476. The lowest BCUT2D eigenvalue weighted by atomic mass is 9.94. The van der Waals surface area contributed by atoms with Crippen molar-refractivity contribution in [2.75, 3.05) is 0 Å². The average molecular weight is 495 g/mol. The molecule has 1 aliphatic carbocycles. The second-order valence-corrected chi connectivity index (χ2v) is 11.8. The SMILES string of the molecule is C[C@H]1C=C(c2cc(S(=O)(=O)NC3(C)CC3)cn3c(-c4nnc(C(F)F)s4)cnc23)C[C@H](C)N1. The zero-order valence-electron chi connectivity index (χ0n) is 18.3. The number of pyridine rings is 1. The highest BCUT2D eigenvalue weighted by Crippen LogP contribution is 2.37. The smallest absolute Gasteiger partial charge is 0.291 e. The van der Waals surface area contributed by atoms with Crippen molar-refractivity contribution in [3.05, 3.63) is 35.1 Å². The van der Waals surface area contributed by atoms with Crippen LogP contribution >= 0.6 is 11.3 Å². The number of hydrogen-bond donors (Lipinski definition) is 2. The van der Waals surface area contributed by atoms with Crippen LogP contribution in [0.2, 0.25) is 0 Å². The van der Waals surface area contributed by atoms with Crippen LogP contribution in [-0.2, 0) is 10.0 Å². The summed E-state index contributed by atoms with van der Waals surface area (Å²) in [5.74, 6) is 0. The van der Waals surface area contributed by atoms with Gasteiger partial charge in [0, 0.05) is 29.4 Å². The quantitative estimate of drug-likeness (QED) is 0.541. The van der Waals surface area contributed by atoms with Crippen LogP contribution in [0.25, 0.3) is 21.9 Å². The predicted molar refractivity (Wildman–Crippen MR) is 122 cm³/mol. The normalized spacial score (nSPS) is 22.7. The summed E-state index contributed by atoms with van der Waals surface area (Å²) in [6, 6.07) is 1.97. The Morgan fingerprint density at radius 1 is 1.30 bits per heavy atom. The van der Waals surface area contributed by atoms with Crippen molar-refractivity contribution in [3.8, 4) is 10.7 Å². The van der Waals surface area contributed by atoms with Gasteiger partial charge < -0.3 is 5.32 Å². The van der Waals surface area contributed by atoms with Gasteiger partial charge in [0.2, 0.25) is 10.0 Å². The van der Waals surface area contributed by atoms with Crippen molar-refractivity contribution in [2.24, 2.45) is 0 Å². The van der Waals surface area contributed by atoms with E-state index in [1.54, 1.807) is 10.5 Å². The Hall–Kier alpha value is -2.28. The fourth-order valence-electron chi connectivity index (χ4n) is 4.16. The maximum Gasteiger partial charge on any atom is 0.291 e. The minimum Gasteiger partial charge on any atom is -0.308 e. The van der Waals surface area contributed by atoms with Crippen LogP contribution in [0.3, 0.4) is 0 Å². The molecule has 3 aromatic rings. The van der Waals surface area contributed by atoms with E-state index in [4.69, 9.17) is 0 Å². The van der Waals surface area contributed by atoms with E-state index in [2.05, 4.69) is 38.2 Å². The molecule has 2 atom stereocenters. The van der Waals surface area contributed by atoms with Gasteiger partial charge >= 0.3 is 0 Å². The Kier molecular flexibility index (Phi) is 5.39. The molecule has 0 saturated heterocycles. The Balaban J connectivity index is 1.70. The molecule has 5 rings (SSSR count). The molecule has 2 aliphatic rings. The summed E-state index contributed by atoms with van der Waals surface area (Å²) in [4.78, 5) is 4.62. The first kappa shape index (κ1) is 22.5. The van der Waals surface area contributed by atoms with Gasteiger partial charge in [-0.3, -0.25) is 4.40 Å². The fourth-order valence-corrected chi connectivity index (χ4v) is 6.35. The van der Waals surface area contributed by atoms with Crippen LogP contribution < -0.4 is 10.0 Å². The van der Waals surface area contributed by atoms with Crippen LogP contribution in [0.1, 0.15) is 57.0 Å². The second kappa shape index (κ2) is 7.90. The molecule has 1 saturated carbocycles. The van der Waals surface area contributed by atoms with Crippen molar-refractivity contribution < 1.29 is 17.2 Å². The molecule has 0 aromatic carbocycles. The third kappa shape index (κ3) is 4.32. The number of rotatable bonds is 6. The van der Waals surface area contributed by atoms with Crippen molar-refractivity contribution in [2.45, 2.75) is 69.0 Å². The summed E-state index contributed by atoms with van der Waals surface area (Å²) >= 11 is 0.766.